The first-order valence-electron chi connectivity index (χ1n) is 4.55. The number of aliphatic hydroxyl groups is 2. The number of ether oxygens (including phenoxy) is 1. The molecule has 0 aliphatic carbocycles. The third kappa shape index (κ3) is 9.76. The van der Waals surface area contributed by atoms with Gasteiger partial charge in [0.1, 0.15) is 0 Å². The van der Waals surface area contributed by atoms with Gasteiger partial charge in [-0.05, 0) is 20.9 Å². The largest absolute Gasteiger partial charge is 0.394 e. The summed E-state index contributed by atoms with van der Waals surface area (Å²) in [7, 11) is 1.93. The van der Waals surface area contributed by atoms with E-state index in [9.17, 15) is 5.11 Å². The minimum Gasteiger partial charge on any atom is -0.394 e. The molecule has 4 nitrogen and oxygen atoms in total. The fraction of sp³-hybridized carbons (Fsp3) is 1.00. The zero-order valence-corrected chi connectivity index (χ0v) is 8.79. The van der Waals surface area contributed by atoms with Crippen LogP contribution in [0.1, 0.15) is 13.8 Å². The van der Waals surface area contributed by atoms with Crippen molar-refractivity contribution in [2.75, 3.05) is 40.0 Å². The molecule has 2 N–H and O–H groups in total. The van der Waals surface area contributed by atoms with Crippen molar-refractivity contribution in [3.8, 4) is 0 Å². The molecule has 0 fully saturated rings. The van der Waals surface area contributed by atoms with Gasteiger partial charge in [0.15, 0.2) is 0 Å². The highest BCUT2D eigenvalue weighted by Gasteiger charge is 2.14. The smallest absolute Gasteiger partial charge is 0.0718 e. The lowest BCUT2D eigenvalue weighted by molar-refractivity contribution is 0.0280. The molecule has 0 spiro atoms. The highest BCUT2D eigenvalue weighted by atomic mass is 16.5. The van der Waals surface area contributed by atoms with Crippen LogP contribution in [0.2, 0.25) is 0 Å². The normalized spacial score (nSPS) is 12.5. The minimum absolute atomic E-state index is 0.0647. The van der Waals surface area contributed by atoms with Crippen LogP contribution in [0.5, 0.6) is 0 Å². The first-order valence-corrected chi connectivity index (χ1v) is 4.55. The lowest BCUT2D eigenvalue weighted by atomic mass is 10.1. The maximum absolute atomic E-state index is 9.47. The third-order valence-corrected chi connectivity index (χ3v) is 1.51. The van der Waals surface area contributed by atoms with Crippen molar-refractivity contribution in [2.24, 2.45) is 0 Å². The summed E-state index contributed by atoms with van der Waals surface area (Å²) in [5, 5.41) is 17.9. The third-order valence-electron chi connectivity index (χ3n) is 1.51. The van der Waals surface area contributed by atoms with Crippen LogP contribution >= 0.6 is 0 Å². The number of hydrogen-bond donors (Lipinski definition) is 2. The molecule has 0 saturated carbocycles. The van der Waals surface area contributed by atoms with Crippen LogP contribution in [0, 0.1) is 0 Å². The summed E-state index contributed by atoms with van der Waals surface area (Å²) < 4.78 is 5.09. The van der Waals surface area contributed by atoms with Gasteiger partial charge in [0.05, 0.1) is 25.4 Å². The molecule has 80 valence electrons. The van der Waals surface area contributed by atoms with E-state index in [-0.39, 0.29) is 6.61 Å². The second-order valence-corrected chi connectivity index (χ2v) is 3.89. The lowest BCUT2D eigenvalue weighted by Gasteiger charge is -2.25. The van der Waals surface area contributed by atoms with Gasteiger partial charge >= 0.3 is 0 Å². The topological polar surface area (TPSA) is 52.9 Å². The fourth-order valence-electron chi connectivity index (χ4n) is 1.13. The molecule has 0 aromatic carbocycles. The zero-order valence-electron chi connectivity index (χ0n) is 8.79. The standard InChI is InChI=1S/C9H21NO3/c1-9(2,12)8-10(3)4-6-13-7-5-11/h11-12H,4-8H2,1-3H3. The van der Waals surface area contributed by atoms with Gasteiger partial charge in [-0.1, -0.05) is 0 Å². The van der Waals surface area contributed by atoms with Crippen LogP contribution in [0.25, 0.3) is 0 Å². The van der Waals surface area contributed by atoms with Crippen LogP contribution in [0.3, 0.4) is 0 Å². The molecule has 0 unspecified atom stereocenters. The highest BCUT2D eigenvalue weighted by molar-refractivity contribution is 4.69. The molecule has 0 radical (unpaired) electrons. The van der Waals surface area contributed by atoms with E-state index >= 15 is 0 Å². The van der Waals surface area contributed by atoms with Crippen molar-refractivity contribution in [2.45, 2.75) is 19.4 Å². The molecule has 0 aliphatic rings. The Labute approximate surface area is 80.1 Å². The Morgan fingerprint density at radius 1 is 1.31 bits per heavy atom. The van der Waals surface area contributed by atoms with Crippen molar-refractivity contribution >= 4 is 0 Å². The Hall–Kier alpha value is -0.160. The van der Waals surface area contributed by atoms with Crippen LogP contribution in [-0.4, -0.2) is 60.7 Å². The van der Waals surface area contributed by atoms with E-state index in [0.717, 1.165) is 6.54 Å². The van der Waals surface area contributed by atoms with E-state index in [4.69, 9.17) is 9.84 Å². The first kappa shape index (κ1) is 12.8. The predicted octanol–water partition coefficient (Wildman–Crippen LogP) is -0.302. The van der Waals surface area contributed by atoms with Crippen LogP contribution in [-0.2, 0) is 4.74 Å². The van der Waals surface area contributed by atoms with Gasteiger partial charge in [-0.3, -0.25) is 0 Å². The van der Waals surface area contributed by atoms with E-state index in [2.05, 4.69) is 0 Å². The second kappa shape index (κ2) is 6.32. The maximum atomic E-state index is 9.47. The molecule has 4 heteroatoms. The molecule has 0 aromatic heterocycles. The summed E-state index contributed by atoms with van der Waals surface area (Å²) in [5.41, 5.74) is -0.661. The molecule has 0 heterocycles. The van der Waals surface area contributed by atoms with Gasteiger partial charge in [0, 0.05) is 13.1 Å². The Bertz CT molecular complexity index is 123. The van der Waals surface area contributed by atoms with Gasteiger partial charge < -0.3 is 19.8 Å². The van der Waals surface area contributed by atoms with E-state index in [1.165, 1.54) is 0 Å². The fourth-order valence-corrected chi connectivity index (χ4v) is 1.13. The molecule has 0 amide bonds. The van der Waals surface area contributed by atoms with E-state index in [1.807, 2.05) is 11.9 Å². The Morgan fingerprint density at radius 2 is 1.92 bits per heavy atom. The average Bonchev–Trinajstić information content (AvgIpc) is 1.94. The second-order valence-electron chi connectivity index (χ2n) is 3.89. The van der Waals surface area contributed by atoms with Crippen molar-refractivity contribution in [1.29, 1.82) is 0 Å². The number of hydrogen-bond acceptors (Lipinski definition) is 4. The van der Waals surface area contributed by atoms with Gasteiger partial charge in [0.2, 0.25) is 0 Å². The van der Waals surface area contributed by atoms with Gasteiger partial charge in [-0.15, -0.1) is 0 Å². The Balaban J connectivity index is 3.35. The van der Waals surface area contributed by atoms with Gasteiger partial charge in [-0.2, -0.15) is 0 Å². The minimum atomic E-state index is -0.661. The number of likely N-dealkylation sites (N-methyl/N-ethyl adjacent to an activating group) is 1. The maximum Gasteiger partial charge on any atom is 0.0718 e. The van der Waals surface area contributed by atoms with Crippen LogP contribution in [0.4, 0.5) is 0 Å². The van der Waals surface area contributed by atoms with Gasteiger partial charge in [0.25, 0.3) is 0 Å². The van der Waals surface area contributed by atoms with Crippen molar-refractivity contribution in [3.05, 3.63) is 0 Å². The quantitative estimate of drug-likeness (QED) is 0.542. The molecule has 0 rings (SSSR count). The Morgan fingerprint density at radius 3 is 2.38 bits per heavy atom. The number of aliphatic hydroxyl groups excluding tert-OH is 1. The summed E-state index contributed by atoms with van der Waals surface area (Å²) in [6, 6.07) is 0. The molecular weight excluding hydrogens is 170 g/mol. The van der Waals surface area contributed by atoms with Crippen LogP contribution in [0.15, 0.2) is 0 Å². The number of nitrogens with zero attached hydrogens (tertiary/aromatic N) is 1. The van der Waals surface area contributed by atoms with Crippen molar-refractivity contribution < 1.29 is 14.9 Å². The van der Waals surface area contributed by atoms with Crippen LogP contribution < -0.4 is 0 Å². The van der Waals surface area contributed by atoms with Crippen molar-refractivity contribution in [3.63, 3.8) is 0 Å². The lowest BCUT2D eigenvalue weighted by Crippen LogP contribution is -2.37. The van der Waals surface area contributed by atoms with Gasteiger partial charge in [-0.25, -0.2) is 0 Å². The summed E-state index contributed by atoms with van der Waals surface area (Å²) in [5.74, 6) is 0. The first-order chi connectivity index (χ1) is 5.95. The van der Waals surface area contributed by atoms with E-state index in [0.29, 0.717) is 19.8 Å². The highest BCUT2D eigenvalue weighted by Crippen LogP contribution is 2.02. The molecule has 0 saturated heterocycles. The van der Waals surface area contributed by atoms with Crippen molar-refractivity contribution in [1.82, 2.24) is 4.90 Å². The summed E-state index contributed by atoms with van der Waals surface area (Å²) in [4.78, 5) is 2.00. The predicted molar refractivity (Wildman–Crippen MR) is 51.7 cm³/mol. The molecule has 0 aliphatic heterocycles. The summed E-state index contributed by atoms with van der Waals surface area (Å²) >= 11 is 0. The molecule has 13 heavy (non-hydrogen) atoms. The zero-order chi connectivity index (χ0) is 10.3. The molecule has 0 atom stereocenters. The van der Waals surface area contributed by atoms with E-state index in [1.54, 1.807) is 13.8 Å². The Kier molecular flexibility index (Phi) is 6.24. The summed E-state index contributed by atoms with van der Waals surface area (Å²) in [6.07, 6.45) is 0. The number of rotatable bonds is 7. The summed E-state index contributed by atoms with van der Waals surface area (Å²) in [6.45, 7) is 5.98. The average molecular weight is 191 g/mol. The SMILES string of the molecule is CN(CCOCCO)CC(C)(C)O. The molecular formula is C9H21NO3. The molecule has 0 bridgehead atoms. The van der Waals surface area contributed by atoms with E-state index < -0.39 is 5.60 Å². The monoisotopic (exact) mass is 191 g/mol. The molecule has 0 aromatic rings.